The molecule has 0 saturated carbocycles. The summed E-state index contributed by atoms with van der Waals surface area (Å²) < 4.78 is 45.4. The van der Waals surface area contributed by atoms with E-state index >= 15 is 0 Å². The maximum Gasteiger partial charge on any atom is 0.472 e. The average molecular weight is 922 g/mol. The molecular formula is C52H92NO10P. The maximum absolute atomic E-state index is 12.7. The van der Waals surface area contributed by atoms with Crippen LogP contribution >= 0.6 is 7.82 Å². The van der Waals surface area contributed by atoms with Crippen molar-refractivity contribution < 1.29 is 46.4 Å². The molecule has 0 spiro atoms. The van der Waals surface area contributed by atoms with Crippen molar-refractivity contribution in [2.45, 2.75) is 246 Å². The van der Waals surface area contributed by atoms with Crippen LogP contribution in [-0.2, 0) is 58.4 Å². The second kappa shape index (κ2) is 36.7. The van der Waals surface area contributed by atoms with E-state index in [0.29, 0.717) is 6.42 Å². The number of carbonyl (C=O) groups is 2. The third kappa shape index (κ3) is 27.9. The molecule has 0 aliphatic rings. The summed E-state index contributed by atoms with van der Waals surface area (Å²) in [4.78, 5) is 35.2. The lowest BCUT2D eigenvalue weighted by molar-refractivity contribution is -0.161. The molecule has 11 nitrogen and oxygen atoms in total. The first-order valence-electron chi connectivity index (χ1n) is 25.8. The summed E-state index contributed by atoms with van der Waals surface area (Å²) in [5, 5.41) is 0. The fourth-order valence-corrected chi connectivity index (χ4v) is 8.95. The molecule has 2 rings (SSSR count). The normalized spacial score (nSPS) is 13.0. The van der Waals surface area contributed by atoms with E-state index in [4.69, 9.17) is 33.1 Å². The summed E-state index contributed by atoms with van der Waals surface area (Å²) in [7, 11) is -4.40. The molecule has 1 unspecified atom stereocenters. The molecular weight excluding hydrogens is 830 g/mol. The smallest absolute Gasteiger partial charge is 0.466 e. The number of ether oxygens (including phenoxy) is 2. The third-order valence-electron chi connectivity index (χ3n) is 12.3. The third-order valence-corrected chi connectivity index (χ3v) is 13.3. The molecule has 2 heterocycles. The van der Waals surface area contributed by atoms with Crippen LogP contribution in [0.5, 0.6) is 0 Å². The van der Waals surface area contributed by atoms with Crippen molar-refractivity contribution in [2.24, 2.45) is 5.73 Å². The predicted molar refractivity (Wildman–Crippen MR) is 259 cm³/mol. The van der Waals surface area contributed by atoms with Crippen molar-refractivity contribution >= 4 is 19.8 Å². The summed E-state index contributed by atoms with van der Waals surface area (Å²) in [6.45, 7) is 10.2. The second-order valence-corrected chi connectivity index (χ2v) is 19.6. The standard InChI is InChI=1S/C52H92NO10P/c1-6-8-26-32-46-40-43(3)48(61-46)33-28-22-18-14-10-13-17-21-25-31-37-52(55)62-47(42-60-64(56,57)59-39-38-53)41-58-51(54)36-30-24-20-16-12-11-15-19-23-29-35-50-45(5)44(4)49(63-50)34-27-9-7-2/h40,47H,6-39,41-42,53H2,1-5H3,(H,56,57)/t47-/m1/s1. The summed E-state index contributed by atoms with van der Waals surface area (Å²) in [6, 6.07) is 2.22. The number of nitrogens with two attached hydrogens (primary N) is 1. The van der Waals surface area contributed by atoms with Crippen LogP contribution in [0.25, 0.3) is 0 Å². The van der Waals surface area contributed by atoms with E-state index in [1.807, 2.05) is 0 Å². The van der Waals surface area contributed by atoms with Gasteiger partial charge in [-0.15, -0.1) is 0 Å². The van der Waals surface area contributed by atoms with E-state index in [1.165, 1.54) is 150 Å². The lowest BCUT2D eigenvalue weighted by atomic mass is 10.0. The van der Waals surface area contributed by atoms with Gasteiger partial charge in [-0.05, 0) is 82.1 Å². The largest absolute Gasteiger partial charge is 0.472 e. The molecule has 2 atom stereocenters. The minimum atomic E-state index is -4.40. The Hall–Kier alpha value is -2.43. The van der Waals surface area contributed by atoms with E-state index in [0.717, 1.165) is 76.4 Å². The van der Waals surface area contributed by atoms with E-state index in [2.05, 4.69) is 40.7 Å². The fraction of sp³-hybridized carbons (Fsp3) is 0.808. The second-order valence-electron chi connectivity index (χ2n) is 18.2. The van der Waals surface area contributed by atoms with Crippen LogP contribution in [0.15, 0.2) is 14.9 Å². The van der Waals surface area contributed by atoms with Gasteiger partial charge in [0, 0.05) is 45.1 Å². The molecule has 0 saturated heterocycles. The Bertz CT molecular complexity index is 1540. The number of furan rings is 2. The minimum Gasteiger partial charge on any atom is -0.466 e. The van der Waals surface area contributed by atoms with Crippen LogP contribution in [0.4, 0.5) is 0 Å². The van der Waals surface area contributed by atoms with Gasteiger partial charge >= 0.3 is 19.8 Å². The quantitative estimate of drug-likeness (QED) is 0.0370. The molecule has 370 valence electrons. The molecule has 0 bridgehead atoms. The van der Waals surface area contributed by atoms with Crippen LogP contribution in [0.3, 0.4) is 0 Å². The van der Waals surface area contributed by atoms with Gasteiger partial charge in [-0.3, -0.25) is 18.6 Å². The number of unbranched alkanes of at least 4 members (excludes halogenated alkanes) is 22. The molecule has 3 N–H and O–H groups in total. The maximum atomic E-state index is 12.7. The van der Waals surface area contributed by atoms with Gasteiger partial charge in [0.15, 0.2) is 6.10 Å². The number of rotatable bonds is 43. The van der Waals surface area contributed by atoms with Gasteiger partial charge < -0.3 is 28.9 Å². The zero-order valence-corrected chi connectivity index (χ0v) is 42.2. The van der Waals surface area contributed by atoms with Gasteiger partial charge in [0.2, 0.25) is 0 Å². The molecule has 0 aliphatic carbocycles. The minimum absolute atomic E-state index is 0.0457. The Morgan fingerprint density at radius 2 is 1.02 bits per heavy atom. The highest BCUT2D eigenvalue weighted by Crippen LogP contribution is 2.43. The van der Waals surface area contributed by atoms with Crippen LogP contribution in [-0.4, -0.2) is 49.3 Å². The van der Waals surface area contributed by atoms with Crippen molar-refractivity contribution in [3.05, 3.63) is 45.8 Å². The molecule has 0 aliphatic heterocycles. The number of phosphoric ester groups is 1. The van der Waals surface area contributed by atoms with Crippen molar-refractivity contribution in [1.82, 2.24) is 0 Å². The summed E-state index contributed by atoms with van der Waals surface area (Å²) in [6.07, 6.45) is 33.3. The number of carbonyl (C=O) groups excluding carboxylic acids is 2. The van der Waals surface area contributed by atoms with Crippen molar-refractivity contribution in [2.75, 3.05) is 26.4 Å². The molecule has 0 amide bonds. The molecule has 2 aromatic heterocycles. The highest BCUT2D eigenvalue weighted by Gasteiger charge is 2.26. The number of esters is 2. The van der Waals surface area contributed by atoms with Crippen molar-refractivity contribution in [3.8, 4) is 0 Å². The predicted octanol–water partition coefficient (Wildman–Crippen LogP) is 14.2. The highest BCUT2D eigenvalue weighted by molar-refractivity contribution is 7.47. The van der Waals surface area contributed by atoms with Crippen molar-refractivity contribution in [1.29, 1.82) is 0 Å². The van der Waals surface area contributed by atoms with Gasteiger partial charge in [0.25, 0.3) is 0 Å². The highest BCUT2D eigenvalue weighted by atomic mass is 31.2. The van der Waals surface area contributed by atoms with Gasteiger partial charge in [-0.2, -0.15) is 0 Å². The first-order valence-corrected chi connectivity index (χ1v) is 27.3. The van der Waals surface area contributed by atoms with E-state index in [9.17, 15) is 19.0 Å². The zero-order valence-electron chi connectivity index (χ0n) is 41.3. The molecule has 64 heavy (non-hydrogen) atoms. The van der Waals surface area contributed by atoms with Crippen LogP contribution in [0.2, 0.25) is 0 Å². The van der Waals surface area contributed by atoms with Gasteiger partial charge in [0.1, 0.15) is 29.6 Å². The van der Waals surface area contributed by atoms with Crippen molar-refractivity contribution in [3.63, 3.8) is 0 Å². The van der Waals surface area contributed by atoms with Crippen LogP contribution < -0.4 is 5.73 Å². The molecule has 12 heteroatoms. The molecule has 2 aromatic rings. The Balaban J connectivity index is 1.52. The lowest BCUT2D eigenvalue weighted by Gasteiger charge is -2.19. The Morgan fingerprint density at radius 1 is 0.578 bits per heavy atom. The van der Waals surface area contributed by atoms with E-state index in [1.54, 1.807) is 0 Å². The van der Waals surface area contributed by atoms with Gasteiger partial charge in [-0.1, -0.05) is 142 Å². The fourth-order valence-electron chi connectivity index (χ4n) is 8.18. The summed E-state index contributed by atoms with van der Waals surface area (Å²) in [5.74, 6) is 3.84. The monoisotopic (exact) mass is 922 g/mol. The first kappa shape index (κ1) is 57.7. The van der Waals surface area contributed by atoms with Crippen LogP contribution in [0, 0.1) is 20.8 Å². The van der Waals surface area contributed by atoms with E-state index < -0.39 is 32.5 Å². The molecule has 0 aromatic carbocycles. The molecule has 0 fully saturated rings. The molecule has 0 radical (unpaired) electrons. The zero-order chi connectivity index (χ0) is 46.7. The summed E-state index contributed by atoms with van der Waals surface area (Å²) >= 11 is 0. The number of aryl methyl sites for hydroxylation is 5. The van der Waals surface area contributed by atoms with Gasteiger partial charge in [-0.25, -0.2) is 4.57 Å². The number of hydrogen-bond donors (Lipinski definition) is 2. The number of phosphoric acid groups is 1. The summed E-state index contributed by atoms with van der Waals surface area (Å²) in [5.41, 5.74) is 9.37. The Morgan fingerprint density at radius 3 is 1.52 bits per heavy atom. The average Bonchev–Trinajstić information content (AvgIpc) is 3.76. The lowest BCUT2D eigenvalue weighted by Crippen LogP contribution is -2.29. The number of hydrogen-bond acceptors (Lipinski definition) is 10. The van der Waals surface area contributed by atoms with Crippen LogP contribution in [0.1, 0.15) is 233 Å². The van der Waals surface area contributed by atoms with Gasteiger partial charge in [0.05, 0.1) is 13.2 Å². The Kier molecular flexibility index (Phi) is 33.0. The SMILES string of the molecule is CCCCCc1cc(C)c(CCCCCCCCCCCCC(=O)O[C@H](COC(=O)CCCCCCCCCCCCc2oc(CCCCC)c(C)c2C)COP(=O)(O)OCCN)o1. The first-order chi connectivity index (χ1) is 31.0. The Labute approximate surface area is 389 Å². The topological polar surface area (TPSA) is 161 Å². The van der Waals surface area contributed by atoms with E-state index in [-0.39, 0.29) is 32.6 Å².